The fourth-order valence-electron chi connectivity index (χ4n) is 2.71. The minimum Gasteiger partial charge on any atom is -0.313 e. The van der Waals surface area contributed by atoms with Crippen LogP contribution in [0.4, 0.5) is 0 Å². The number of aromatic nitrogens is 2. The van der Waals surface area contributed by atoms with E-state index in [1.165, 1.54) is 12.7 Å². The standard InChI is InChI=1S/C11H12N2O/c14-11-5-10(12-6-13-11)9-4-7-1-2-8(9)3-7/h1-2,5-9H,3-4H2,(H,12,13,14)/t7-,8-,9-/m0/s1. The minimum atomic E-state index is -0.0400. The van der Waals surface area contributed by atoms with Gasteiger partial charge in [-0.2, -0.15) is 0 Å². The number of hydrogen-bond acceptors (Lipinski definition) is 2. The smallest absolute Gasteiger partial charge is 0.250 e. The van der Waals surface area contributed by atoms with Crippen LogP contribution in [0, 0.1) is 11.8 Å². The second kappa shape index (κ2) is 2.80. The lowest BCUT2D eigenvalue weighted by atomic mass is 9.90. The summed E-state index contributed by atoms with van der Waals surface area (Å²) in [5.41, 5.74) is 0.923. The first-order valence-electron chi connectivity index (χ1n) is 5.06. The number of nitrogens with zero attached hydrogens (tertiary/aromatic N) is 1. The Labute approximate surface area is 81.9 Å². The second-order valence-corrected chi connectivity index (χ2v) is 4.22. The maximum atomic E-state index is 11.1. The Kier molecular flexibility index (Phi) is 1.60. The van der Waals surface area contributed by atoms with Crippen LogP contribution < -0.4 is 5.56 Å². The molecule has 0 unspecified atom stereocenters. The molecule has 0 spiro atoms. The van der Waals surface area contributed by atoms with Crippen molar-refractivity contribution in [2.45, 2.75) is 18.8 Å². The van der Waals surface area contributed by atoms with Crippen molar-refractivity contribution in [3.05, 3.63) is 40.6 Å². The van der Waals surface area contributed by atoms with E-state index in [0.717, 1.165) is 18.0 Å². The predicted molar refractivity (Wildman–Crippen MR) is 53.0 cm³/mol. The first-order chi connectivity index (χ1) is 6.83. The lowest BCUT2D eigenvalue weighted by Crippen LogP contribution is -2.13. The van der Waals surface area contributed by atoms with Crippen LogP contribution in [0.1, 0.15) is 24.5 Å². The van der Waals surface area contributed by atoms with Crippen LogP contribution in [0.2, 0.25) is 0 Å². The monoisotopic (exact) mass is 188 g/mol. The van der Waals surface area contributed by atoms with E-state index < -0.39 is 0 Å². The molecule has 0 radical (unpaired) electrons. The van der Waals surface area contributed by atoms with E-state index in [4.69, 9.17) is 0 Å². The number of H-pyrrole nitrogens is 1. The average molecular weight is 188 g/mol. The van der Waals surface area contributed by atoms with E-state index in [1.54, 1.807) is 6.07 Å². The summed E-state index contributed by atoms with van der Waals surface area (Å²) in [7, 11) is 0. The highest BCUT2D eigenvalue weighted by molar-refractivity contribution is 5.21. The van der Waals surface area contributed by atoms with Crippen LogP contribution in [-0.2, 0) is 0 Å². The maximum Gasteiger partial charge on any atom is 0.250 e. The number of aromatic amines is 1. The Hall–Kier alpha value is -1.38. The molecule has 14 heavy (non-hydrogen) atoms. The van der Waals surface area contributed by atoms with E-state index in [1.807, 2.05) is 0 Å². The van der Waals surface area contributed by atoms with Crippen LogP contribution in [0.5, 0.6) is 0 Å². The first kappa shape index (κ1) is 7.97. The number of hydrogen-bond donors (Lipinski definition) is 1. The van der Waals surface area contributed by atoms with Crippen LogP contribution >= 0.6 is 0 Å². The van der Waals surface area contributed by atoms with Crippen LogP contribution in [-0.4, -0.2) is 9.97 Å². The van der Waals surface area contributed by atoms with Crippen LogP contribution in [0.25, 0.3) is 0 Å². The molecule has 0 aliphatic heterocycles. The Morgan fingerprint density at radius 1 is 1.36 bits per heavy atom. The van der Waals surface area contributed by atoms with Crippen molar-refractivity contribution in [2.75, 3.05) is 0 Å². The van der Waals surface area contributed by atoms with Gasteiger partial charge in [0.1, 0.15) is 0 Å². The van der Waals surface area contributed by atoms with Gasteiger partial charge in [0.15, 0.2) is 0 Å². The summed E-state index contributed by atoms with van der Waals surface area (Å²) in [6.45, 7) is 0. The molecule has 2 aliphatic rings. The third-order valence-corrected chi connectivity index (χ3v) is 3.36. The van der Waals surface area contributed by atoms with Crippen molar-refractivity contribution in [1.29, 1.82) is 0 Å². The Balaban J connectivity index is 1.97. The number of fused-ring (bicyclic) bond motifs is 2. The molecule has 1 heterocycles. The first-order valence-corrected chi connectivity index (χ1v) is 5.06. The third-order valence-electron chi connectivity index (χ3n) is 3.36. The SMILES string of the molecule is O=c1cc([C@H]2C[C@H]3C=C[C@H]2C3)nc[nH]1. The molecular weight excluding hydrogens is 176 g/mol. The zero-order valence-electron chi connectivity index (χ0n) is 7.81. The zero-order valence-corrected chi connectivity index (χ0v) is 7.81. The molecule has 0 amide bonds. The van der Waals surface area contributed by atoms with Gasteiger partial charge < -0.3 is 4.98 Å². The fraction of sp³-hybridized carbons (Fsp3) is 0.455. The second-order valence-electron chi connectivity index (χ2n) is 4.22. The summed E-state index contributed by atoms with van der Waals surface area (Å²) in [5, 5.41) is 0. The van der Waals surface area contributed by atoms with E-state index in [0.29, 0.717) is 11.8 Å². The van der Waals surface area contributed by atoms with Crippen LogP contribution in [0.15, 0.2) is 29.3 Å². The fourth-order valence-corrected chi connectivity index (χ4v) is 2.71. The van der Waals surface area contributed by atoms with E-state index in [2.05, 4.69) is 22.1 Å². The summed E-state index contributed by atoms with van der Waals surface area (Å²) >= 11 is 0. The van der Waals surface area contributed by atoms with Gasteiger partial charge >= 0.3 is 0 Å². The molecule has 3 rings (SSSR count). The maximum absolute atomic E-state index is 11.1. The summed E-state index contributed by atoms with van der Waals surface area (Å²) < 4.78 is 0. The van der Waals surface area contributed by atoms with Gasteiger partial charge in [-0.1, -0.05) is 12.2 Å². The number of allylic oxidation sites excluding steroid dienone is 2. The highest BCUT2D eigenvalue weighted by Gasteiger charge is 2.37. The molecule has 1 aromatic rings. The quantitative estimate of drug-likeness (QED) is 0.678. The summed E-state index contributed by atoms with van der Waals surface area (Å²) in [4.78, 5) is 17.9. The molecule has 2 bridgehead atoms. The van der Waals surface area contributed by atoms with Crippen LogP contribution in [0.3, 0.4) is 0 Å². The lowest BCUT2D eigenvalue weighted by Gasteiger charge is -2.16. The summed E-state index contributed by atoms with van der Waals surface area (Å²) in [6, 6.07) is 1.64. The third kappa shape index (κ3) is 1.12. The van der Waals surface area contributed by atoms with Gasteiger partial charge in [-0.05, 0) is 24.7 Å². The topological polar surface area (TPSA) is 45.8 Å². The van der Waals surface area contributed by atoms with Gasteiger partial charge in [-0.25, -0.2) is 4.98 Å². The molecule has 0 saturated heterocycles. The van der Waals surface area contributed by atoms with Crippen molar-refractivity contribution in [2.24, 2.45) is 11.8 Å². The van der Waals surface area contributed by atoms with Crippen molar-refractivity contribution < 1.29 is 0 Å². The summed E-state index contributed by atoms with van der Waals surface area (Å²) in [5.74, 6) is 1.83. The zero-order chi connectivity index (χ0) is 9.54. The lowest BCUT2D eigenvalue weighted by molar-refractivity contribution is 0.568. The highest BCUT2D eigenvalue weighted by Crippen LogP contribution is 2.47. The molecule has 1 aromatic heterocycles. The molecule has 2 aliphatic carbocycles. The molecule has 3 nitrogen and oxygen atoms in total. The predicted octanol–water partition coefficient (Wildman–Crippen LogP) is 1.45. The molecule has 72 valence electrons. The Morgan fingerprint density at radius 3 is 2.93 bits per heavy atom. The van der Waals surface area contributed by atoms with Gasteiger partial charge in [-0.3, -0.25) is 4.79 Å². The molecule has 3 atom stereocenters. The van der Waals surface area contributed by atoms with Crippen molar-refractivity contribution in [3.63, 3.8) is 0 Å². The van der Waals surface area contributed by atoms with Crippen molar-refractivity contribution >= 4 is 0 Å². The van der Waals surface area contributed by atoms with Gasteiger partial charge in [0.05, 0.1) is 12.0 Å². The average Bonchev–Trinajstić information content (AvgIpc) is 2.78. The van der Waals surface area contributed by atoms with Gasteiger partial charge in [-0.15, -0.1) is 0 Å². The molecular formula is C11H12N2O. The number of nitrogens with one attached hydrogen (secondary N) is 1. The largest absolute Gasteiger partial charge is 0.313 e. The molecule has 0 aromatic carbocycles. The van der Waals surface area contributed by atoms with E-state index in [9.17, 15) is 4.79 Å². The van der Waals surface area contributed by atoms with Crippen molar-refractivity contribution in [1.82, 2.24) is 9.97 Å². The summed E-state index contributed by atoms with van der Waals surface area (Å²) in [6.07, 6.45) is 8.50. The minimum absolute atomic E-state index is 0.0400. The Bertz CT molecular complexity index is 435. The van der Waals surface area contributed by atoms with Gasteiger partial charge in [0, 0.05) is 12.0 Å². The van der Waals surface area contributed by atoms with Gasteiger partial charge in [0.25, 0.3) is 5.56 Å². The van der Waals surface area contributed by atoms with Crippen molar-refractivity contribution in [3.8, 4) is 0 Å². The van der Waals surface area contributed by atoms with E-state index in [-0.39, 0.29) is 5.56 Å². The van der Waals surface area contributed by atoms with E-state index >= 15 is 0 Å². The molecule has 1 fully saturated rings. The van der Waals surface area contributed by atoms with Gasteiger partial charge in [0.2, 0.25) is 0 Å². The Morgan fingerprint density at radius 2 is 2.29 bits per heavy atom. The highest BCUT2D eigenvalue weighted by atomic mass is 16.1. The molecule has 3 heteroatoms. The normalized spacial score (nSPS) is 33.9. The molecule has 1 N–H and O–H groups in total. The number of rotatable bonds is 1. The molecule has 1 saturated carbocycles.